The van der Waals surface area contributed by atoms with Gasteiger partial charge in [0.25, 0.3) is 0 Å². The Morgan fingerprint density at radius 3 is 2.54 bits per heavy atom. The molecule has 1 aromatic rings. The first-order chi connectivity index (χ1) is 6.24. The zero-order valence-corrected chi connectivity index (χ0v) is 7.40. The van der Waals surface area contributed by atoms with E-state index in [9.17, 15) is 4.79 Å². The van der Waals surface area contributed by atoms with Crippen LogP contribution >= 0.6 is 0 Å². The number of aromatic carboxylic acids is 1. The molecule has 0 amide bonds. The molecule has 13 heavy (non-hydrogen) atoms. The Balaban J connectivity index is 2.81. The van der Waals surface area contributed by atoms with E-state index >= 15 is 0 Å². The maximum absolute atomic E-state index is 10.5. The molecule has 0 aromatic heterocycles. The molecule has 3 heteroatoms. The van der Waals surface area contributed by atoms with Gasteiger partial charge in [0.05, 0.1) is 11.3 Å². The summed E-state index contributed by atoms with van der Waals surface area (Å²) in [5.74, 6) is -0.911. The number of hydrogen-bond acceptors (Lipinski definition) is 2. The van der Waals surface area contributed by atoms with Crippen LogP contribution in [0.3, 0.4) is 0 Å². The van der Waals surface area contributed by atoms with Crippen LogP contribution in [0.2, 0.25) is 0 Å². The van der Waals surface area contributed by atoms with E-state index in [1.54, 1.807) is 30.5 Å². The highest BCUT2D eigenvalue weighted by molar-refractivity contribution is 5.88. The molecule has 0 saturated carbocycles. The summed E-state index contributed by atoms with van der Waals surface area (Å²) >= 11 is 0. The zero-order valence-electron chi connectivity index (χ0n) is 7.40. The highest BCUT2D eigenvalue weighted by Crippen LogP contribution is 2.12. The van der Waals surface area contributed by atoms with Gasteiger partial charge in [0, 0.05) is 6.21 Å². The van der Waals surface area contributed by atoms with Crippen molar-refractivity contribution in [1.82, 2.24) is 0 Å². The van der Waals surface area contributed by atoms with Crippen molar-refractivity contribution in [2.24, 2.45) is 4.99 Å². The van der Waals surface area contributed by atoms with Gasteiger partial charge in [-0.3, -0.25) is 4.99 Å². The van der Waals surface area contributed by atoms with Crippen LogP contribution in [0.25, 0.3) is 0 Å². The molecule has 0 unspecified atom stereocenters. The SMILES string of the molecule is CCC=Nc1ccc(C(=O)O)cc1. The fraction of sp³-hybridized carbons (Fsp3) is 0.200. The largest absolute Gasteiger partial charge is 0.478 e. The summed E-state index contributed by atoms with van der Waals surface area (Å²) in [5, 5.41) is 8.61. The lowest BCUT2D eigenvalue weighted by Gasteiger charge is -1.94. The van der Waals surface area contributed by atoms with Gasteiger partial charge in [0.15, 0.2) is 0 Å². The molecule has 0 spiro atoms. The van der Waals surface area contributed by atoms with Crippen molar-refractivity contribution in [3.05, 3.63) is 29.8 Å². The number of benzene rings is 1. The van der Waals surface area contributed by atoms with Gasteiger partial charge >= 0.3 is 5.97 Å². The average molecular weight is 177 g/mol. The molecule has 1 rings (SSSR count). The van der Waals surface area contributed by atoms with Gasteiger partial charge in [-0.1, -0.05) is 6.92 Å². The maximum Gasteiger partial charge on any atom is 0.335 e. The molecule has 0 heterocycles. The Kier molecular flexibility index (Phi) is 3.20. The third kappa shape index (κ3) is 2.71. The lowest BCUT2D eigenvalue weighted by Crippen LogP contribution is -1.94. The summed E-state index contributed by atoms with van der Waals surface area (Å²) in [6.07, 6.45) is 2.66. The summed E-state index contributed by atoms with van der Waals surface area (Å²) in [6.45, 7) is 2.00. The van der Waals surface area contributed by atoms with Crippen LogP contribution in [0.4, 0.5) is 5.69 Å². The normalized spacial score (nSPS) is 10.5. The summed E-state index contributed by atoms with van der Waals surface area (Å²) in [4.78, 5) is 14.6. The number of nitrogens with zero attached hydrogens (tertiary/aromatic N) is 1. The van der Waals surface area contributed by atoms with E-state index in [1.807, 2.05) is 6.92 Å². The molecular weight excluding hydrogens is 166 g/mol. The number of carboxylic acid groups (broad SMARTS) is 1. The number of carbonyl (C=O) groups is 1. The van der Waals surface area contributed by atoms with E-state index in [4.69, 9.17) is 5.11 Å². The average Bonchev–Trinajstić information content (AvgIpc) is 2.15. The second-order valence-electron chi connectivity index (χ2n) is 2.57. The topological polar surface area (TPSA) is 49.7 Å². The number of hydrogen-bond donors (Lipinski definition) is 1. The maximum atomic E-state index is 10.5. The van der Waals surface area contributed by atoms with Crippen molar-refractivity contribution in [3.8, 4) is 0 Å². The van der Waals surface area contributed by atoms with Crippen LogP contribution in [0.5, 0.6) is 0 Å². The van der Waals surface area contributed by atoms with Gasteiger partial charge in [0.2, 0.25) is 0 Å². The standard InChI is InChI=1S/C10H11NO2/c1-2-7-11-9-5-3-8(4-6-9)10(12)13/h3-7H,2H2,1H3,(H,12,13). The van der Waals surface area contributed by atoms with Gasteiger partial charge in [-0.25, -0.2) is 4.79 Å². The van der Waals surface area contributed by atoms with Crippen molar-refractivity contribution in [1.29, 1.82) is 0 Å². The summed E-state index contributed by atoms with van der Waals surface area (Å²) in [6, 6.07) is 6.47. The van der Waals surface area contributed by atoms with Gasteiger partial charge in [-0.2, -0.15) is 0 Å². The van der Waals surface area contributed by atoms with Crippen molar-refractivity contribution < 1.29 is 9.90 Å². The fourth-order valence-electron chi connectivity index (χ4n) is 0.887. The van der Waals surface area contributed by atoms with E-state index in [-0.39, 0.29) is 5.56 Å². The summed E-state index contributed by atoms with van der Waals surface area (Å²) < 4.78 is 0. The molecule has 0 aliphatic heterocycles. The zero-order chi connectivity index (χ0) is 9.68. The molecular formula is C10H11NO2. The summed E-state index contributed by atoms with van der Waals surface area (Å²) in [5.41, 5.74) is 1.07. The third-order valence-corrected chi connectivity index (χ3v) is 1.54. The minimum absolute atomic E-state index is 0.287. The van der Waals surface area contributed by atoms with E-state index in [2.05, 4.69) is 4.99 Å². The molecule has 0 bridgehead atoms. The van der Waals surface area contributed by atoms with Gasteiger partial charge in [-0.15, -0.1) is 0 Å². The number of rotatable bonds is 3. The minimum atomic E-state index is -0.911. The van der Waals surface area contributed by atoms with Crippen LogP contribution in [-0.4, -0.2) is 17.3 Å². The lowest BCUT2D eigenvalue weighted by atomic mass is 10.2. The van der Waals surface area contributed by atoms with Crippen LogP contribution < -0.4 is 0 Å². The number of carboxylic acids is 1. The highest BCUT2D eigenvalue weighted by Gasteiger charge is 1.99. The molecule has 0 radical (unpaired) electrons. The van der Waals surface area contributed by atoms with E-state index < -0.39 is 5.97 Å². The van der Waals surface area contributed by atoms with Crippen LogP contribution in [0.15, 0.2) is 29.3 Å². The molecule has 0 aliphatic rings. The molecule has 0 atom stereocenters. The molecule has 0 fully saturated rings. The minimum Gasteiger partial charge on any atom is -0.478 e. The van der Waals surface area contributed by atoms with Crippen LogP contribution in [0.1, 0.15) is 23.7 Å². The molecule has 0 saturated heterocycles. The van der Waals surface area contributed by atoms with Gasteiger partial charge in [0.1, 0.15) is 0 Å². The van der Waals surface area contributed by atoms with Gasteiger partial charge < -0.3 is 5.11 Å². The van der Waals surface area contributed by atoms with E-state index in [0.29, 0.717) is 0 Å². The Morgan fingerprint density at radius 2 is 2.08 bits per heavy atom. The Labute approximate surface area is 76.7 Å². The lowest BCUT2D eigenvalue weighted by molar-refractivity contribution is 0.0697. The first kappa shape index (κ1) is 9.45. The second-order valence-corrected chi connectivity index (χ2v) is 2.57. The van der Waals surface area contributed by atoms with E-state index in [1.165, 1.54) is 0 Å². The Hall–Kier alpha value is -1.64. The summed E-state index contributed by atoms with van der Waals surface area (Å²) in [7, 11) is 0. The fourth-order valence-corrected chi connectivity index (χ4v) is 0.887. The quantitative estimate of drug-likeness (QED) is 0.721. The number of aliphatic imine (C=N–C) groups is 1. The molecule has 3 nitrogen and oxygen atoms in total. The van der Waals surface area contributed by atoms with Crippen molar-refractivity contribution in [2.45, 2.75) is 13.3 Å². The second kappa shape index (κ2) is 4.40. The first-order valence-corrected chi connectivity index (χ1v) is 4.10. The predicted octanol–water partition coefficient (Wildman–Crippen LogP) is 2.50. The van der Waals surface area contributed by atoms with Crippen LogP contribution in [-0.2, 0) is 0 Å². The predicted molar refractivity (Wildman–Crippen MR) is 51.8 cm³/mol. The Bertz CT molecular complexity index is 314. The molecule has 1 aromatic carbocycles. The van der Waals surface area contributed by atoms with Crippen molar-refractivity contribution in [3.63, 3.8) is 0 Å². The first-order valence-electron chi connectivity index (χ1n) is 4.10. The monoisotopic (exact) mass is 177 g/mol. The third-order valence-electron chi connectivity index (χ3n) is 1.54. The van der Waals surface area contributed by atoms with Crippen molar-refractivity contribution in [2.75, 3.05) is 0 Å². The van der Waals surface area contributed by atoms with Crippen LogP contribution in [0, 0.1) is 0 Å². The van der Waals surface area contributed by atoms with E-state index in [0.717, 1.165) is 12.1 Å². The molecule has 0 aliphatic carbocycles. The molecule has 1 N–H and O–H groups in total. The highest BCUT2D eigenvalue weighted by atomic mass is 16.4. The van der Waals surface area contributed by atoms with Gasteiger partial charge in [-0.05, 0) is 30.7 Å². The molecule has 68 valence electrons. The smallest absolute Gasteiger partial charge is 0.335 e. The van der Waals surface area contributed by atoms with Crippen molar-refractivity contribution >= 4 is 17.9 Å². The Morgan fingerprint density at radius 1 is 1.46 bits per heavy atom.